The summed E-state index contributed by atoms with van der Waals surface area (Å²) in [6.45, 7) is 5.47. The second kappa shape index (κ2) is 5.57. The highest BCUT2D eigenvalue weighted by molar-refractivity contribution is 5.91. The minimum absolute atomic E-state index is 0.679. The van der Waals surface area contributed by atoms with Crippen molar-refractivity contribution < 1.29 is 0 Å². The number of aromatic nitrogens is 1. The first-order valence-corrected chi connectivity index (χ1v) is 7.12. The number of hydrogen-bond acceptors (Lipinski definition) is 3. The van der Waals surface area contributed by atoms with E-state index in [0.29, 0.717) is 6.04 Å². The normalized spacial score (nSPS) is 17.0. The summed E-state index contributed by atoms with van der Waals surface area (Å²) in [4.78, 5) is 6.88. The Kier molecular flexibility index (Phi) is 3.65. The van der Waals surface area contributed by atoms with Crippen molar-refractivity contribution in [1.29, 1.82) is 0 Å². The van der Waals surface area contributed by atoms with Gasteiger partial charge in [0.15, 0.2) is 0 Å². The quantitative estimate of drug-likeness (QED) is 0.912. The second-order valence-corrected chi connectivity index (χ2v) is 5.08. The molecule has 1 aromatic heterocycles. The molecule has 0 atom stereocenters. The molecule has 0 bridgehead atoms. The van der Waals surface area contributed by atoms with E-state index in [9.17, 15) is 0 Å². The smallest absolute Gasteiger partial charge is 0.0729 e. The van der Waals surface area contributed by atoms with Gasteiger partial charge in [0.25, 0.3) is 0 Å². The Hall–Kier alpha value is -1.61. The van der Waals surface area contributed by atoms with E-state index in [2.05, 4.69) is 46.4 Å². The molecule has 99 valence electrons. The van der Waals surface area contributed by atoms with Crippen LogP contribution in [0.15, 0.2) is 30.5 Å². The van der Waals surface area contributed by atoms with Crippen LogP contribution >= 0.6 is 0 Å². The van der Waals surface area contributed by atoms with Crippen molar-refractivity contribution in [2.24, 2.45) is 0 Å². The van der Waals surface area contributed by atoms with Crippen molar-refractivity contribution in [1.82, 2.24) is 10.3 Å². The Morgan fingerprint density at radius 3 is 3.00 bits per heavy atom. The third-order valence-corrected chi connectivity index (χ3v) is 3.86. The molecule has 1 N–H and O–H groups in total. The number of fused-ring (bicyclic) bond motifs is 1. The molecule has 3 nitrogen and oxygen atoms in total. The van der Waals surface area contributed by atoms with Crippen LogP contribution in [0.25, 0.3) is 10.9 Å². The Morgan fingerprint density at radius 1 is 1.37 bits per heavy atom. The standard InChI is InChI=1S/C16H20N3/c1-2-17-13-8-11-19(12-9-13)16-7-3-6-15-14(16)5-4-10-18-15/h3-4,6-7,10,13,17H,2,8-9,11-12H2,1H3. The first-order valence-electron chi connectivity index (χ1n) is 7.12. The van der Waals surface area contributed by atoms with Crippen LogP contribution in [-0.2, 0) is 0 Å². The molecular formula is C16H20N3. The van der Waals surface area contributed by atoms with Gasteiger partial charge in [-0.1, -0.05) is 13.0 Å². The van der Waals surface area contributed by atoms with Crippen molar-refractivity contribution in [3.63, 3.8) is 0 Å². The highest BCUT2D eigenvalue weighted by Crippen LogP contribution is 2.27. The highest BCUT2D eigenvalue weighted by atomic mass is 15.1. The van der Waals surface area contributed by atoms with Crippen LogP contribution in [0.4, 0.5) is 5.69 Å². The number of pyridine rings is 1. The Labute approximate surface area is 114 Å². The number of rotatable bonds is 3. The van der Waals surface area contributed by atoms with Crippen molar-refractivity contribution in [2.75, 3.05) is 24.5 Å². The zero-order valence-corrected chi connectivity index (χ0v) is 11.4. The fourth-order valence-corrected chi connectivity index (χ4v) is 2.90. The molecule has 0 aliphatic carbocycles. The third kappa shape index (κ3) is 2.56. The summed E-state index contributed by atoms with van der Waals surface area (Å²) in [5.74, 6) is 0. The SMILES string of the molecule is CCNC1CCN(c2cccc3ncc[c]c23)CC1. The maximum absolute atomic E-state index is 4.41. The van der Waals surface area contributed by atoms with E-state index >= 15 is 0 Å². The zero-order valence-electron chi connectivity index (χ0n) is 11.4. The van der Waals surface area contributed by atoms with Crippen LogP contribution in [0, 0.1) is 6.07 Å². The van der Waals surface area contributed by atoms with Gasteiger partial charge in [-0.2, -0.15) is 0 Å². The van der Waals surface area contributed by atoms with Gasteiger partial charge in [-0.05, 0) is 43.7 Å². The maximum atomic E-state index is 4.41. The van der Waals surface area contributed by atoms with E-state index in [1.807, 2.05) is 12.3 Å². The lowest BCUT2D eigenvalue weighted by Crippen LogP contribution is -2.42. The number of benzene rings is 1. The van der Waals surface area contributed by atoms with Crippen LogP contribution in [0.2, 0.25) is 0 Å². The first-order chi connectivity index (χ1) is 9.38. The van der Waals surface area contributed by atoms with Gasteiger partial charge in [0.2, 0.25) is 0 Å². The summed E-state index contributed by atoms with van der Waals surface area (Å²) in [5.41, 5.74) is 2.31. The van der Waals surface area contributed by atoms with Crippen molar-refractivity contribution in [2.45, 2.75) is 25.8 Å². The summed E-state index contributed by atoms with van der Waals surface area (Å²) in [6.07, 6.45) is 4.23. The topological polar surface area (TPSA) is 28.2 Å². The van der Waals surface area contributed by atoms with Gasteiger partial charge in [0.05, 0.1) is 5.52 Å². The molecule has 1 saturated heterocycles. The summed E-state index contributed by atoms with van der Waals surface area (Å²) in [6, 6.07) is 12.2. The van der Waals surface area contributed by atoms with Crippen molar-refractivity contribution >= 4 is 16.6 Å². The summed E-state index contributed by atoms with van der Waals surface area (Å²) in [5, 5.41) is 4.69. The predicted octanol–water partition coefficient (Wildman–Crippen LogP) is 2.61. The van der Waals surface area contributed by atoms with Crippen molar-refractivity contribution in [3.8, 4) is 0 Å². The van der Waals surface area contributed by atoms with Gasteiger partial charge >= 0.3 is 0 Å². The molecule has 1 aromatic carbocycles. The largest absolute Gasteiger partial charge is 0.371 e. The van der Waals surface area contributed by atoms with Gasteiger partial charge in [-0.25, -0.2) is 0 Å². The number of anilines is 1. The number of nitrogens with one attached hydrogen (secondary N) is 1. The Morgan fingerprint density at radius 2 is 2.21 bits per heavy atom. The molecule has 2 heterocycles. The average molecular weight is 254 g/mol. The van der Waals surface area contributed by atoms with E-state index < -0.39 is 0 Å². The van der Waals surface area contributed by atoms with Crippen LogP contribution in [0.5, 0.6) is 0 Å². The molecule has 1 fully saturated rings. The van der Waals surface area contributed by atoms with E-state index in [1.54, 1.807) is 0 Å². The molecule has 2 aromatic rings. The van der Waals surface area contributed by atoms with Crippen molar-refractivity contribution in [3.05, 3.63) is 36.5 Å². The summed E-state index contributed by atoms with van der Waals surface area (Å²) >= 11 is 0. The monoisotopic (exact) mass is 254 g/mol. The number of piperidine rings is 1. The van der Waals surface area contributed by atoms with Crippen LogP contribution < -0.4 is 10.2 Å². The van der Waals surface area contributed by atoms with Gasteiger partial charge in [0, 0.05) is 36.4 Å². The fraction of sp³-hybridized carbons (Fsp3) is 0.438. The molecular weight excluding hydrogens is 234 g/mol. The van der Waals surface area contributed by atoms with Gasteiger partial charge in [0.1, 0.15) is 0 Å². The maximum Gasteiger partial charge on any atom is 0.0729 e. The Balaban J connectivity index is 1.82. The van der Waals surface area contributed by atoms with E-state index in [4.69, 9.17) is 0 Å². The van der Waals surface area contributed by atoms with Crippen LogP contribution in [0.1, 0.15) is 19.8 Å². The molecule has 1 aliphatic heterocycles. The van der Waals surface area contributed by atoms with Gasteiger partial charge in [-0.3, -0.25) is 4.98 Å². The molecule has 3 heteroatoms. The molecule has 0 unspecified atom stereocenters. The summed E-state index contributed by atoms with van der Waals surface area (Å²) < 4.78 is 0. The second-order valence-electron chi connectivity index (χ2n) is 5.08. The van der Waals surface area contributed by atoms with Crippen LogP contribution in [0.3, 0.4) is 0 Å². The third-order valence-electron chi connectivity index (χ3n) is 3.86. The number of hydrogen-bond donors (Lipinski definition) is 1. The van der Waals surface area contributed by atoms with E-state index in [0.717, 1.165) is 30.5 Å². The molecule has 3 rings (SSSR count). The first kappa shape index (κ1) is 12.4. The van der Waals surface area contributed by atoms with E-state index in [1.165, 1.54) is 18.5 Å². The molecule has 0 saturated carbocycles. The summed E-state index contributed by atoms with van der Waals surface area (Å²) in [7, 11) is 0. The Bertz CT molecular complexity index is 539. The molecule has 1 radical (unpaired) electrons. The number of nitrogens with zero attached hydrogens (tertiary/aromatic N) is 2. The lowest BCUT2D eigenvalue weighted by atomic mass is 10.0. The highest BCUT2D eigenvalue weighted by Gasteiger charge is 2.19. The van der Waals surface area contributed by atoms with Gasteiger partial charge in [-0.15, -0.1) is 0 Å². The lowest BCUT2D eigenvalue weighted by Gasteiger charge is -2.34. The average Bonchev–Trinajstić information content (AvgIpc) is 2.48. The fourth-order valence-electron chi connectivity index (χ4n) is 2.90. The molecule has 1 aliphatic rings. The molecule has 19 heavy (non-hydrogen) atoms. The zero-order chi connectivity index (χ0) is 13.1. The lowest BCUT2D eigenvalue weighted by molar-refractivity contribution is 0.424. The molecule has 0 amide bonds. The van der Waals surface area contributed by atoms with Crippen LogP contribution in [-0.4, -0.2) is 30.7 Å². The minimum atomic E-state index is 0.679. The van der Waals surface area contributed by atoms with Gasteiger partial charge < -0.3 is 10.2 Å². The minimum Gasteiger partial charge on any atom is -0.371 e. The predicted molar refractivity (Wildman–Crippen MR) is 79.5 cm³/mol. The molecule has 0 spiro atoms. The van der Waals surface area contributed by atoms with E-state index in [-0.39, 0.29) is 0 Å².